The van der Waals surface area contributed by atoms with Crippen LogP contribution in [0.1, 0.15) is 22.3 Å². The Bertz CT molecular complexity index is 1220. The molecule has 1 aliphatic heterocycles. The van der Waals surface area contributed by atoms with Crippen molar-refractivity contribution in [2.24, 2.45) is 0 Å². The summed E-state index contributed by atoms with van der Waals surface area (Å²) in [6.07, 6.45) is 1.67. The first-order chi connectivity index (χ1) is 15.8. The van der Waals surface area contributed by atoms with Crippen LogP contribution in [0.25, 0.3) is 6.08 Å². The van der Waals surface area contributed by atoms with E-state index < -0.39 is 6.03 Å². The molecule has 33 heavy (non-hydrogen) atoms. The van der Waals surface area contributed by atoms with E-state index >= 15 is 0 Å². The van der Waals surface area contributed by atoms with Gasteiger partial charge >= 0.3 is 6.03 Å². The van der Waals surface area contributed by atoms with E-state index in [1.807, 2.05) is 43.3 Å². The van der Waals surface area contributed by atoms with Gasteiger partial charge in [-0.05, 0) is 99.1 Å². The minimum atomic E-state index is -0.435. The third-order valence-electron chi connectivity index (χ3n) is 5.05. The Labute approximate surface area is 218 Å². The van der Waals surface area contributed by atoms with E-state index in [1.165, 1.54) is 17.0 Å². The van der Waals surface area contributed by atoms with Gasteiger partial charge in [0.05, 0.1) is 13.7 Å². The number of rotatable bonds is 6. The number of imide groups is 1. The fourth-order valence-electron chi connectivity index (χ4n) is 3.29. The van der Waals surface area contributed by atoms with Crippen LogP contribution in [-0.4, -0.2) is 16.8 Å². The van der Waals surface area contributed by atoms with Crippen LogP contribution in [0.15, 0.2) is 66.4 Å². The highest BCUT2D eigenvalue weighted by Crippen LogP contribution is 2.31. The number of ether oxygens (including phenoxy) is 1. The van der Waals surface area contributed by atoms with Crippen molar-refractivity contribution < 1.29 is 18.7 Å². The second-order valence-corrected chi connectivity index (χ2v) is 9.92. The zero-order chi connectivity index (χ0) is 23.5. The van der Waals surface area contributed by atoms with Crippen molar-refractivity contribution in [2.45, 2.75) is 20.1 Å². The molecule has 5 nitrogen and oxygen atoms in total. The number of aryl methyl sites for hydroxylation is 1. The Morgan fingerprint density at radius 2 is 1.58 bits per heavy atom. The molecule has 168 valence electrons. The summed E-state index contributed by atoms with van der Waals surface area (Å²) in [6, 6.07) is 17.2. The second-order valence-electron chi connectivity index (χ2n) is 7.59. The van der Waals surface area contributed by atoms with E-state index in [0.29, 0.717) is 12.4 Å². The molecule has 1 heterocycles. The summed E-state index contributed by atoms with van der Waals surface area (Å²) >= 11 is 4.35. The second kappa shape index (κ2) is 10.2. The fraction of sp³-hybridized carbons (Fsp3) is 0.120. The summed E-state index contributed by atoms with van der Waals surface area (Å²) in [5.74, 6) is 0.0685. The molecule has 1 fully saturated rings. The number of hydrogen-bond donors (Lipinski definition) is 1. The van der Waals surface area contributed by atoms with Crippen molar-refractivity contribution in [3.05, 3.63) is 102 Å². The number of urea groups is 1. The van der Waals surface area contributed by atoms with Gasteiger partial charge in [-0.15, -0.1) is 0 Å². The minimum absolute atomic E-state index is 0.216. The molecule has 3 aromatic carbocycles. The predicted octanol–water partition coefficient (Wildman–Crippen LogP) is 6.02. The molecule has 1 saturated heterocycles. The summed E-state index contributed by atoms with van der Waals surface area (Å²) in [7, 11) is 0. The first-order valence-electron chi connectivity index (χ1n) is 10.1. The number of halogens is 3. The molecular weight excluding hydrogens is 649 g/mol. The normalized spacial score (nSPS) is 14.7. The van der Waals surface area contributed by atoms with Crippen LogP contribution in [0, 0.1) is 19.9 Å². The monoisotopic (exact) mass is 668 g/mol. The molecule has 0 unspecified atom stereocenters. The first-order valence-corrected chi connectivity index (χ1v) is 12.2. The van der Waals surface area contributed by atoms with Gasteiger partial charge in [0.1, 0.15) is 23.9 Å². The Hall–Kier alpha value is -2.47. The zero-order valence-corrected chi connectivity index (χ0v) is 21.9. The van der Waals surface area contributed by atoms with Gasteiger partial charge in [-0.25, -0.2) is 9.18 Å². The number of hydrogen-bond acceptors (Lipinski definition) is 3. The number of amides is 3. The van der Waals surface area contributed by atoms with E-state index in [4.69, 9.17) is 4.74 Å². The molecule has 0 aromatic heterocycles. The molecule has 0 spiro atoms. The van der Waals surface area contributed by atoms with Gasteiger partial charge in [0.2, 0.25) is 0 Å². The molecule has 0 saturated carbocycles. The number of nitrogens with zero attached hydrogens (tertiary/aromatic N) is 1. The van der Waals surface area contributed by atoms with Gasteiger partial charge < -0.3 is 10.1 Å². The van der Waals surface area contributed by atoms with Gasteiger partial charge in [0.25, 0.3) is 5.91 Å². The average molecular weight is 668 g/mol. The molecule has 0 atom stereocenters. The van der Waals surface area contributed by atoms with Crippen LogP contribution in [0.5, 0.6) is 5.75 Å². The van der Waals surface area contributed by atoms with Crippen LogP contribution < -0.4 is 10.1 Å². The molecule has 0 radical (unpaired) electrons. The maximum Gasteiger partial charge on any atom is 0.329 e. The lowest BCUT2D eigenvalue weighted by Crippen LogP contribution is -2.30. The van der Waals surface area contributed by atoms with Gasteiger partial charge in [0.15, 0.2) is 0 Å². The third-order valence-corrected chi connectivity index (χ3v) is 6.65. The number of benzene rings is 3. The van der Waals surface area contributed by atoms with Crippen LogP contribution >= 0.6 is 45.2 Å². The summed E-state index contributed by atoms with van der Waals surface area (Å²) < 4.78 is 20.8. The Morgan fingerprint density at radius 1 is 0.970 bits per heavy atom. The van der Waals surface area contributed by atoms with E-state index in [1.54, 1.807) is 18.2 Å². The summed E-state index contributed by atoms with van der Waals surface area (Å²) in [5, 5.41) is 2.67. The Morgan fingerprint density at radius 3 is 2.21 bits per heavy atom. The largest absolute Gasteiger partial charge is 0.487 e. The van der Waals surface area contributed by atoms with Crippen LogP contribution in [-0.2, 0) is 17.9 Å². The summed E-state index contributed by atoms with van der Waals surface area (Å²) in [6.45, 7) is 2.52. The predicted molar refractivity (Wildman–Crippen MR) is 141 cm³/mol. The summed E-state index contributed by atoms with van der Waals surface area (Å²) in [4.78, 5) is 26.4. The van der Waals surface area contributed by atoms with E-state index in [-0.39, 0.29) is 24.0 Å². The molecule has 3 aromatic rings. The highest BCUT2D eigenvalue weighted by Gasteiger charge is 2.33. The van der Waals surface area contributed by atoms with Crippen molar-refractivity contribution in [3.8, 4) is 5.75 Å². The standard InChI is InChI=1S/C25H19FI2N2O3/c1-15-2-4-16(5-3-15)13-30-24(31)22(29-25(30)32)12-18-10-20(27)23(21(28)11-18)33-14-17-6-8-19(26)9-7-17/h2-12H,13-14H2,1H3,(H,29,32)/b22-12+. The van der Waals surface area contributed by atoms with Crippen LogP contribution in [0.2, 0.25) is 0 Å². The zero-order valence-electron chi connectivity index (χ0n) is 17.6. The minimum Gasteiger partial charge on any atom is -0.487 e. The average Bonchev–Trinajstić information content (AvgIpc) is 3.03. The molecule has 0 aliphatic carbocycles. The molecule has 3 amide bonds. The topological polar surface area (TPSA) is 58.6 Å². The van der Waals surface area contributed by atoms with Crippen LogP contribution in [0.4, 0.5) is 9.18 Å². The van der Waals surface area contributed by atoms with Gasteiger partial charge in [-0.1, -0.05) is 42.0 Å². The maximum atomic E-state index is 13.1. The van der Waals surface area contributed by atoms with Crippen molar-refractivity contribution in [3.63, 3.8) is 0 Å². The van der Waals surface area contributed by atoms with E-state index in [0.717, 1.165) is 29.4 Å². The lowest BCUT2D eigenvalue weighted by atomic mass is 10.1. The number of carbonyl (C=O) groups is 2. The van der Waals surface area contributed by atoms with Crippen LogP contribution in [0.3, 0.4) is 0 Å². The van der Waals surface area contributed by atoms with Crippen molar-refractivity contribution in [1.82, 2.24) is 10.2 Å². The fourth-order valence-corrected chi connectivity index (χ4v) is 5.42. The molecular formula is C25H19FI2N2O3. The highest BCUT2D eigenvalue weighted by molar-refractivity contribution is 14.1. The Balaban J connectivity index is 1.49. The third kappa shape index (κ3) is 5.72. The summed E-state index contributed by atoms with van der Waals surface area (Å²) in [5.41, 5.74) is 3.88. The van der Waals surface area contributed by atoms with E-state index in [2.05, 4.69) is 50.5 Å². The molecule has 4 rings (SSSR count). The number of carbonyl (C=O) groups excluding carboxylic acids is 2. The molecule has 1 aliphatic rings. The first kappa shape index (κ1) is 23.7. The highest BCUT2D eigenvalue weighted by atomic mass is 127. The SMILES string of the molecule is Cc1ccc(CN2C(=O)N/C(=C/c3cc(I)c(OCc4ccc(F)cc4)c(I)c3)C2=O)cc1. The smallest absolute Gasteiger partial charge is 0.329 e. The lowest BCUT2D eigenvalue weighted by molar-refractivity contribution is -0.123. The van der Waals surface area contributed by atoms with Gasteiger partial charge in [0, 0.05) is 0 Å². The molecule has 8 heteroatoms. The van der Waals surface area contributed by atoms with Gasteiger partial charge in [-0.3, -0.25) is 9.69 Å². The molecule has 0 bridgehead atoms. The van der Waals surface area contributed by atoms with Crippen molar-refractivity contribution >= 4 is 63.2 Å². The quantitative estimate of drug-likeness (QED) is 0.199. The molecule has 1 N–H and O–H groups in total. The number of nitrogens with one attached hydrogen (secondary N) is 1. The van der Waals surface area contributed by atoms with E-state index in [9.17, 15) is 14.0 Å². The lowest BCUT2D eigenvalue weighted by Gasteiger charge is -2.12. The van der Waals surface area contributed by atoms with Gasteiger partial charge in [-0.2, -0.15) is 0 Å². The Kier molecular flexibility index (Phi) is 7.32. The van der Waals surface area contributed by atoms with Crippen molar-refractivity contribution in [1.29, 1.82) is 0 Å². The maximum absolute atomic E-state index is 13.1. The van der Waals surface area contributed by atoms with Crippen molar-refractivity contribution in [2.75, 3.05) is 0 Å².